The number of hydrogen-bond acceptors (Lipinski definition) is 7. The van der Waals surface area contributed by atoms with Crippen LogP contribution in [0.4, 0.5) is 17.1 Å². The van der Waals surface area contributed by atoms with E-state index in [9.17, 15) is 10.1 Å². The lowest BCUT2D eigenvalue weighted by atomic mass is 9.91. The van der Waals surface area contributed by atoms with Gasteiger partial charge in [0.1, 0.15) is 18.4 Å². The number of esters is 1. The lowest BCUT2D eigenvalue weighted by Gasteiger charge is -2.23. The fourth-order valence-corrected chi connectivity index (χ4v) is 2.41. The second-order valence-corrected chi connectivity index (χ2v) is 7.47. The molecule has 0 amide bonds. The molecule has 0 aliphatic rings. The average Bonchev–Trinajstić information content (AvgIpc) is 2.89. The summed E-state index contributed by atoms with van der Waals surface area (Å²) in [4.78, 5) is 14.0. The van der Waals surface area contributed by atoms with Crippen LogP contribution in [0.3, 0.4) is 0 Å². The molecule has 0 aliphatic heterocycles. The van der Waals surface area contributed by atoms with E-state index < -0.39 is 5.41 Å². The number of benzene rings is 2. The lowest BCUT2D eigenvalue weighted by Crippen LogP contribution is -2.30. The molecule has 0 radical (unpaired) electrons. The summed E-state index contributed by atoms with van der Waals surface area (Å²) in [5.74, 6) is -0.186. The third-order valence-corrected chi connectivity index (χ3v) is 4.91. The van der Waals surface area contributed by atoms with Gasteiger partial charge in [-0.2, -0.15) is 15.6 Å². The molecule has 0 aromatic heterocycles. The van der Waals surface area contributed by atoms with E-state index in [0.29, 0.717) is 35.7 Å². The maximum atomic E-state index is 12.0. The maximum absolute atomic E-state index is 12.0. The molecule has 0 unspecified atom stereocenters. The Morgan fingerprint density at radius 3 is 2.15 bits per heavy atom. The second kappa shape index (κ2) is 16.0. The first kappa shape index (κ1) is 30.3. The standard InChI is InChI=1S/C23H25N5O2.2C2H6/c1-5-23(2,3)22(29)30-13-12-28(4)20-9-7-19(8-10-20)26-27-21-11-6-17(15-24)14-18(21)16-25;2*1-2/h6-11,14H,5,12-13H2,1-4H3;2*1-2H3. The zero-order valence-electron chi connectivity index (χ0n) is 21.7. The van der Waals surface area contributed by atoms with Crippen LogP contribution < -0.4 is 4.90 Å². The number of rotatable bonds is 8. The Labute approximate surface area is 204 Å². The number of hydrogen-bond donors (Lipinski definition) is 0. The van der Waals surface area contributed by atoms with Crippen molar-refractivity contribution < 1.29 is 9.53 Å². The summed E-state index contributed by atoms with van der Waals surface area (Å²) in [6.07, 6.45) is 0.732. The molecule has 7 heteroatoms. The lowest BCUT2D eigenvalue weighted by molar-refractivity contribution is -0.153. The van der Waals surface area contributed by atoms with Crippen LogP contribution in [0.5, 0.6) is 0 Å². The minimum Gasteiger partial charge on any atom is -0.463 e. The van der Waals surface area contributed by atoms with Crippen LogP contribution in [0.25, 0.3) is 0 Å². The van der Waals surface area contributed by atoms with Crippen LogP contribution in [0.2, 0.25) is 0 Å². The number of azo groups is 1. The zero-order valence-corrected chi connectivity index (χ0v) is 21.7. The summed E-state index contributed by atoms with van der Waals surface area (Å²) in [7, 11) is 1.92. The van der Waals surface area contributed by atoms with E-state index in [2.05, 4.69) is 10.2 Å². The summed E-state index contributed by atoms with van der Waals surface area (Å²) in [6, 6.07) is 16.1. The van der Waals surface area contributed by atoms with Crippen LogP contribution >= 0.6 is 0 Å². The first-order valence-electron chi connectivity index (χ1n) is 11.6. The molecule has 0 spiro atoms. The third kappa shape index (κ3) is 9.42. The van der Waals surface area contributed by atoms with E-state index >= 15 is 0 Å². The molecule has 0 fully saturated rings. The number of anilines is 1. The Balaban J connectivity index is 0.00000258. The van der Waals surface area contributed by atoms with Crippen LogP contribution in [0, 0.1) is 28.1 Å². The number of nitriles is 2. The van der Waals surface area contributed by atoms with E-state index in [1.807, 2.05) is 96.8 Å². The Kier molecular flexibility index (Phi) is 14.2. The first-order valence-corrected chi connectivity index (χ1v) is 11.6. The van der Waals surface area contributed by atoms with Crippen molar-refractivity contribution >= 4 is 23.0 Å². The van der Waals surface area contributed by atoms with Crippen molar-refractivity contribution in [1.29, 1.82) is 10.5 Å². The molecule has 0 atom stereocenters. The molecule has 2 rings (SSSR count). The topological polar surface area (TPSA) is 102 Å². The monoisotopic (exact) mass is 463 g/mol. The quantitative estimate of drug-likeness (QED) is 0.301. The third-order valence-electron chi connectivity index (χ3n) is 4.91. The molecular formula is C27H37N5O2. The minimum atomic E-state index is -0.467. The van der Waals surface area contributed by atoms with Crippen molar-refractivity contribution in [2.45, 2.75) is 54.9 Å². The van der Waals surface area contributed by atoms with Gasteiger partial charge in [0, 0.05) is 12.7 Å². The summed E-state index contributed by atoms with van der Waals surface area (Å²) in [6.45, 7) is 14.6. The van der Waals surface area contributed by atoms with E-state index in [1.165, 1.54) is 6.07 Å². The molecule has 182 valence electrons. The summed E-state index contributed by atoms with van der Waals surface area (Å²) in [5.41, 5.74) is 2.24. The highest BCUT2D eigenvalue weighted by atomic mass is 16.5. The first-order chi connectivity index (χ1) is 16.3. The molecule has 0 bridgehead atoms. The Morgan fingerprint density at radius 1 is 1.00 bits per heavy atom. The number of nitrogens with zero attached hydrogens (tertiary/aromatic N) is 5. The average molecular weight is 464 g/mol. The molecule has 0 N–H and O–H groups in total. The number of carbonyl (C=O) groups excluding carboxylic acids is 1. The Hall–Kier alpha value is -3.71. The molecular weight excluding hydrogens is 426 g/mol. The van der Waals surface area contributed by atoms with Gasteiger partial charge in [0.15, 0.2) is 0 Å². The van der Waals surface area contributed by atoms with Gasteiger partial charge in [0.2, 0.25) is 0 Å². The van der Waals surface area contributed by atoms with Gasteiger partial charge in [-0.3, -0.25) is 4.79 Å². The van der Waals surface area contributed by atoms with Gasteiger partial charge in [-0.05, 0) is 62.7 Å². The summed E-state index contributed by atoms with van der Waals surface area (Å²) in [5, 5.41) is 26.4. The normalized spacial score (nSPS) is 10.1. The number of ether oxygens (including phenoxy) is 1. The highest BCUT2D eigenvalue weighted by molar-refractivity contribution is 5.75. The summed E-state index contributed by atoms with van der Waals surface area (Å²) < 4.78 is 5.38. The van der Waals surface area contributed by atoms with Crippen LogP contribution in [0.1, 0.15) is 66.0 Å². The molecule has 2 aromatic rings. The van der Waals surface area contributed by atoms with Gasteiger partial charge < -0.3 is 9.64 Å². The van der Waals surface area contributed by atoms with E-state index in [4.69, 9.17) is 10.00 Å². The second-order valence-electron chi connectivity index (χ2n) is 7.47. The highest BCUT2D eigenvalue weighted by Gasteiger charge is 2.26. The number of likely N-dealkylation sites (N-methyl/N-ethyl adjacent to an activating group) is 1. The molecule has 0 aliphatic carbocycles. The molecule has 0 heterocycles. The van der Waals surface area contributed by atoms with Gasteiger partial charge >= 0.3 is 5.97 Å². The van der Waals surface area contributed by atoms with Crippen LogP contribution in [-0.4, -0.2) is 26.2 Å². The Morgan fingerprint density at radius 2 is 1.62 bits per heavy atom. The SMILES string of the molecule is CC.CC.CCC(C)(C)C(=O)OCCN(C)c1ccc(N=Nc2ccc(C#N)cc2C#N)cc1. The van der Waals surface area contributed by atoms with E-state index in [1.54, 1.807) is 12.1 Å². The smallest absolute Gasteiger partial charge is 0.311 e. The maximum Gasteiger partial charge on any atom is 0.311 e. The van der Waals surface area contributed by atoms with Crippen molar-refractivity contribution in [3.63, 3.8) is 0 Å². The fourth-order valence-electron chi connectivity index (χ4n) is 2.41. The molecule has 34 heavy (non-hydrogen) atoms. The van der Waals surface area contributed by atoms with Gasteiger partial charge in [0.25, 0.3) is 0 Å². The van der Waals surface area contributed by atoms with Crippen molar-refractivity contribution in [2.24, 2.45) is 15.6 Å². The van der Waals surface area contributed by atoms with E-state index in [-0.39, 0.29) is 5.97 Å². The van der Waals surface area contributed by atoms with Crippen molar-refractivity contribution in [3.05, 3.63) is 53.6 Å². The predicted octanol–water partition coefficient (Wildman–Crippen LogP) is 7.31. The van der Waals surface area contributed by atoms with Gasteiger partial charge in [-0.1, -0.05) is 34.6 Å². The Bertz CT molecular complexity index is 999. The van der Waals surface area contributed by atoms with Crippen LogP contribution in [-0.2, 0) is 9.53 Å². The van der Waals surface area contributed by atoms with Gasteiger partial charge in [0.05, 0.1) is 34.8 Å². The van der Waals surface area contributed by atoms with Crippen LogP contribution in [0.15, 0.2) is 52.7 Å². The minimum absolute atomic E-state index is 0.186. The van der Waals surface area contributed by atoms with E-state index in [0.717, 1.165) is 12.1 Å². The molecule has 0 saturated carbocycles. The molecule has 2 aromatic carbocycles. The van der Waals surface area contributed by atoms with Crippen molar-refractivity contribution in [1.82, 2.24) is 0 Å². The number of carbonyl (C=O) groups is 1. The summed E-state index contributed by atoms with van der Waals surface area (Å²) >= 11 is 0. The molecule has 7 nitrogen and oxygen atoms in total. The van der Waals surface area contributed by atoms with Gasteiger partial charge in [-0.15, -0.1) is 5.11 Å². The van der Waals surface area contributed by atoms with Crippen molar-refractivity contribution in [3.8, 4) is 12.1 Å². The fraction of sp³-hybridized carbons (Fsp3) is 0.444. The largest absolute Gasteiger partial charge is 0.463 e. The highest BCUT2D eigenvalue weighted by Crippen LogP contribution is 2.25. The molecule has 0 saturated heterocycles. The predicted molar refractivity (Wildman–Crippen MR) is 137 cm³/mol. The van der Waals surface area contributed by atoms with Crippen molar-refractivity contribution in [2.75, 3.05) is 25.1 Å². The zero-order chi connectivity index (χ0) is 26.1. The van der Waals surface area contributed by atoms with Gasteiger partial charge in [-0.25, -0.2) is 0 Å².